The number of esters is 1. The van der Waals surface area contributed by atoms with Crippen molar-refractivity contribution in [3.63, 3.8) is 0 Å². The summed E-state index contributed by atoms with van der Waals surface area (Å²) >= 11 is 6.14. The van der Waals surface area contributed by atoms with Crippen LogP contribution in [0.3, 0.4) is 0 Å². The Labute approximate surface area is 145 Å². The zero-order chi connectivity index (χ0) is 17.5. The summed E-state index contributed by atoms with van der Waals surface area (Å²) in [6, 6.07) is 9.78. The van der Waals surface area contributed by atoms with Crippen LogP contribution in [0.1, 0.15) is 28.4 Å². The molecule has 128 valence electrons. The van der Waals surface area contributed by atoms with Crippen molar-refractivity contribution in [3.8, 4) is 0 Å². The Bertz CT molecular complexity index is 756. The lowest BCUT2D eigenvalue weighted by atomic mass is 10.1. The fourth-order valence-electron chi connectivity index (χ4n) is 2.31. The zero-order valence-corrected chi connectivity index (χ0v) is 14.5. The SMILES string of the molecule is CCOC(=O)c1c(Cl)cn(CCOCc2ccccc2)c(=O)c1C. The Morgan fingerprint density at radius 3 is 2.62 bits per heavy atom. The first-order valence-corrected chi connectivity index (χ1v) is 8.10. The molecule has 0 spiro atoms. The molecule has 0 bridgehead atoms. The van der Waals surface area contributed by atoms with E-state index in [0.717, 1.165) is 5.56 Å². The van der Waals surface area contributed by atoms with Gasteiger partial charge in [-0.1, -0.05) is 41.9 Å². The highest BCUT2D eigenvalue weighted by Crippen LogP contribution is 2.18. The first kappa shape index (κ1) is 18.2. The Kier molecular flexibility index (Phi) is 6.58. The maximum Gasteiger partial charge on any atom is 0.340 e. The predicted molar refractivity (Wildman–Crippen MR) is 92.5 cm³/mol. The van der Waals surface area contributed by atoms with Gasteiger partial charge in [0, 0.05) is 18.3 Å². The van der Waals surface area contributed by atoms with Crippen molar-refractivity contribution in [2.45, 2.75) is 27.0 Å². The van der Waals surface area contributed by atoms with E-state index in [9.17, 15) is 9.59 Å². The van der Waals surface area contributed by atoms with E-state index in [1.807, 2.05) is 30.3 Å². The Hall–Kier alpha value is -2.11. The van der Waals surface area contributed by atoms with Crippen molar-refractivity contribution in [3.05, 3.63) is 68.6 Å². The molecular formula is C18H20ClNO4. The summed E-state index contributed by atoms with van der Waals surface area (Å²) in [5.74, 6) is -0.579. The molecule has 6 heteroatoms. The van der Waals surface area contributed by atoms with E-state index in [-0.39, 0.29) is 28.3 Å². The molecular weight excluding hydrogens is 330 g/mol. The lowest BCUT2D eigenvalue weighted by molar-refractivity contribution is 0.0525. The smallest absolute Gasteiger partial charge is 0.340 e. The maximum atomic E-state index is 12.4. The van der Waals surface area contributed by atoms with Gasteiger partial charge < -0.3 is 14.0 Å². The lowest BCUT2D eigenvalue weighted by Gasteiger charge is -2.12. The number of nitrogens with zero attached hydrogens (tertiary/aromatic N) is 1. The van der Waals surface area contributed by atoms with Crippen LogP contribution in [0.15, 0.2) is 41.3 Å². The summed E-state index contributed by atoms with van der Waals surface area (Å²) < 4.78 is 12.0. The fourth-order valence-corrected chi connectivity index (χ4v) is 2.65. The molecule has 5 nitrogen and oxygen atoms in total. The van der Waals surface area contributed by atoms with Crippen LogP contribution < -0.4 is 5.56 Å². The van der Waals surface area contributed by atoms with Crippen molar-refractivity contribution >= 4 is 17.6 Å². The van der Waals surface area contributed by atoms with Gasteiger partial charge in [-0.3, -0.25) is 4.79 Å². The lowest BCUT2D eigenvalue weighted by Crippen LogP contribution is -2.27. The Morgan fingerprint density at radius 1 is 1.25 bits per heavy atom. The maximum absolute atomic E-state index is 12.4. The van der Waals surface area contributed by atoms with Gasteiger partial charge in [-0.05, 0) is 19.4 Å². The fraction of sp³-hybridized carbons (Fsp3) is 0.333. The van der Waals surface area contributed by atoms with Gasteiger partial charge in [0.15, 0.2) is 0 Å². The standard InChI is InChI=1S/C18H20ClNO4/c1-3-24-18(22)16-13(2)17(21)20(11-15(16)19)9-10-23-12-14-7-5-4-6-8-14/h4-8,11H,3,9-10,12H2,1-2H3. The van der Waals surface area contributed by atoms with Crippen LogP contribution in [0.5, 0.6) is 0 Å². The van der Waals surface area contributed by atoms with Crippen LogP contribution >= 0.6 is 11.6 Å². The highest BCUT2D eigenvalue weighted by atomic mass is 35.5. The minimum Gasteiger partial charge on any atom is -0.462 e. The van der Waals surface area contributed by atoms with Crippen LogP contribution in [0.4, 0.5) is 0 Å². The minimum atomic E-state index is -0.579. The largest absolute Gasteiger partial charge is 0.462 e. The Morgan fingerprint density at radius 2 is 1.96 bits per heavy atom. The highest BCUT2D eigenvalue weighted by Gasteiger charge is 2.19. The van der Waals surface area contributed by atoms with Gasteiger partial charge in [0.2, 0.25) is 0 Å². The van der Waals surface area contributed by atoms with E-state index in [0.29, 0.717) is 19.8 Å². The average Bonchev–Trinajstić information content (AvgIpc) is 2.57. The predicted octanol–water partition coefficient (Wildman–Crippen LogP) is 3.20. The van der Waals surface area contributed by atoms with Crippen LogP contribution in [-0.2, 0) is 22.6 Å². The molecule has 0 saturated carbocycles. The molecule has 0 aliphatic rings. The van der Waals surface area contributed by atoms with E-state index in [4.69, 9.17) is 21.1 Å². The second kappa shape index (κ2) is 8.66. The van der Waals surface area contributed by atoms with Gasteiger partial charge in [-0.2, -0.15) is 0 Å². The molecule has 2 aromatic rings. The van der Waals surface area contributed by atoms with Crippen molar-refractivity contribution in [2.24, 2.45) is 0 Å². The van der Waals surface area contributed by atoms with E-state index in [2.05, 4.69) is 0 Å². The summed E-state index contributed by atoms with van der Waals surface area (Å²) in [5, 5.41) is 0.202. The van der Waals surface area contributed by atoms with Crippen molar-refractivity contribution in [1.82, 2.24) is 4.57 Å². The van der Waals surface area contributed by atoms with Crippen LogP contribution in [0, 0.1) is 6.92 Å². The molecule has 1 aromatic carbocycles. The molecule has 1 heterocycles. The summed E-state index contributed by atoms with van der Waals surface area (Å²) in [7, 11) is 0. The third kappa shape index (κ3) is 4.46. The molecule has 2 rings (SSSR count). The van der Waals surface area contributed by atoms with Gasteiger partial charge in [0.05, 0.1) is 30.4 Å². The first-order valence-electron chi connectivity index (χ1n) is 7.73. The number of benzene rings is 1. The summed E-state index contributed by atoms with van der Waals surface area (Å²) in [5.41, 5.74) is 1.21. The molecule has 0 N–H and O–H groups in total. The number of hydrogen-bond donors (Lipinski definition) is 0. The van der Waals surface area contributed by atoms with Gasteiger partial charge in [-0.15, -0.1) is 0 Å². The summed E-state index contributed by atoms with van der Waals surface area (Å²) in [6.07, 6.45) is 1.45. The number of carbonyl (C=O) groups is 1. The Balaban J connectivity index is 2.03. The molecule has 0 saturated heterocycles. The highest BCUT2D eigenvalue weighted by molar-refractivity contribution is 6.33. The van der Waals surface area contributed by atoms with E-state index in [1.165, 1.54) is 10.8 Å². The van der Waals surface area contributed by atoms with Crippen molar-refractivity contribution < 1.29 is 14.3 Å². The molecule has 0 amide bonds. The number of pyridine rings is 1. The topological polar surface area (TPSA) is 57.5 Å². The van der Waals surface area contributed by atoms with Gasteiger partial charge in [0.25, 0.3) is 5.56 Å². The number of rotatable bonds is 7. The third-order valence-electron chi connectivity index (χ3n) is 3.53. The molecule has 0 fully saturated rings. The molecule has 0 atom stereocenters. The van der Waals surface area contributed by atoms with Crippen molar-refractivity contribution in [1.29, 1.82) is 0 Å². The van der Waals surface area contributed by atoms with Gasteiger partial charge in [-0.25, -0.2) is 4.79 Å². The van der Waals surface area contributed by atoms with Gasteiger partial charge in [0.1, 0.15) is 0 Å². The number of hydrogen-bond acceptors (Lipinski definition) is 4. The van der Waals surface area contributed by atoms with Crippen molar-refractivity contribution in [2.75, 3.05) is 13.2 Å². The van der Waals surface area contributed by atoms with Crippen LogP contribution in [-0.4, -0.2) is 23.8 Å². The molecule has 0 aliphatic carbocycles. The van der Waals surface area contributed by atoms with Gasteiger partial charge >= 0.3 is 5.97 Å². The summed E-state index contributed by atoms with van der Waals surface area (Å²) in [6.45, 7) is 4.70. The molecule has 0 unspecified atom stereocenters. The third-order valence-corrected chi connectivity index (χ3v) is 3.82. The second-order valence-corrected chi connectivity index (χ2v) is 5.64. The number of halogens is 1. The summed E-state index contributed by atoms with van der Waals surface area (Å²) in [4.78, 5) is 24.2. The number of carbonyl (C=O) groups excluding carboxylic acids is 1. The second-order valence-electron chi connectivity index (χ2n) is 5.23. The average molecular weight is 350 g/mol. The van der Waals surface area contributed by atoms with E-state index in [1.54, 1.807) is 13.8 Å². The van der Waals surface area contributed by atoms with E-state index >= 15 is 0 Å². The number of aromatic nitrogens is 1. The molecule has 0 radical (unpaired) electrons. The molecule has 0 aliphatic heterocycles. The monoisotopic (exact) mass is 349 g/mol. The number of ether oxygens (including phenoxy) is 2. The normalized spacial score (nSPS) is 10.6. The molecule has 24 heavy (non-hydrogen) atoms. The van der Waals surface area contributed by atoms with E-state index < -0.39 is 5.97 Å². The quantitative estimate of drug-likeness (QED) is 0.569. The first-order chi connectivity index (χ1) is 11.5. The van der Waals surface area contributed by atoms with Crippen LogP contribution in [0.25, 0.3) is 0 Å². The van der Waals surface area contributed by atoms with Crippen LogP contribution in [0.2, 0.25) is 5.02 Å². The zero-order valence-electron chi connectivity index (χ0n) is 13.8. The molecule has 1 aromatic heterocycles. The minimum absolute atomic E-state index is 0.130.